The second-order valence-electron chi connectivity index (χ2n) is 7.41. The number of nitriles is 1. The van der Waals surface area contributed by atoms with Crippen molar-refractivity contribution in [1.82, 2.24) is 4.90 Å². The molecule has 0 N–H and O–H groups in total. The molecule has 1 aliphatic heterocycles. The van der Waals surface area contributed by atoms with Gasteiger partial charge in [0.2, 0.25) is 5.78 Å². The Labute approximate surface area is 205 Å². The van der Waals surface area contributed by atoms with E-state index in [1.807, 2.05) is 0 Å². The molecule has 1 heterocycles. The Morgan fingerprint density at radius 1 is 1.06 bits per heavy atom. The summed E-state index contributed by atoms with van der Waals surface area (Å²) in [5.41, 5.74) is -2.42. The SMILES string of the molecule is CCC(=O)C(C#N)(Oc1cc(Oc2ccc(Cl)cc2F)c(Cl)cc1Cl)C(=O)N1CCCCC1. The fourth-order valence-corrected chi connectivity index (χ4v) is 4.05. The molecule has 3 rings (SSSR count). The molecule has 0 spiro atoms. The number of ketones is 1. The Morgan fingerprint density at radius 2 is 1.73 bits per heavy atom. The number of ether oxygens (including phenoxy) is 2. The zero-order chi connectivity index (χ0) is 24.2. The van der Waals surface area contributed by atoms with Gasteiger partial charge in [-0.3, -0.25) is 9.59 Å². The van der Waals surface area contributed by atoms with Crippen LogP contribution < -0.4 is 9.47 Å². The number of likely N-dealkylation sites (tertiary alicyclic amines) is 1. The van der Waals surface area contributed by atoms with Gasteiger partial charge in [0.15, 0.2) is 11.6 Å². The van der Waals surface area contributed by atoms with Crippen molar-refractivity contribution in [2.75, 3.05) is 13.1 Å². The van der Waals surface area contributed by atoms with Crippen LogP contribution >= 0.6 is 34.8 Å². The van der Waals surface area contributed by atoms with Crippen molar-refractivity contribution in [2.45, 2.75) is 38.2 Å². The first kappa shape index (κ1) is 25.1. The molecule has 10 heteroatoms. The third-order valence-corrected chi connectivity index (χ3v) is 6.00. The van der Waals surface area contributed by atoms with Crippen molar-refractivity contribution in [3.63, 3.8) is 0 Å². The molecular formula is C23H20Cl3FN2O4. The number of hydrogen-bond donors (Lipinski definition) is 0. The van der Waals surface area contributed by atoms with Gasteiger partial charge < -0.3 is 14.4 Å². The van der Waals surface area contributed by atoms with Crippen LogP contribution in [0.2, 0.25) is 15.1 Å². The number of Topliss-reactive ketones (excluding diaryl/α,β-unsaturated/α-hetero) is 1. The molecule has 0 aliphatic carbocycles. The highest BCUT2D eigenvalue weighted by molar-refractivity contribution is 6.36. The second-order valence-corrected chi connectivity index (χ2v) is 8.67. The quantitative estimate of drug-likeness (QED) is 0.411. The van der Waals surface area contributed by atoms with E-state index >= 15 is 0 Å². The molecule has 2 aromatic rings. The highest BCUT2D eigenvalue weighted by atomic mass is 35.5. The molecular weight excluding hydrogens is 494 g/mol. The number of nitrogens with zero attached hydrogens (tertiary/aromatic N) is 2. The van der Waals surface area contributed by atoms with Gasteiger partial charge in [-0.25, -0.2) is 4.39 Å². The predicted molar refractivity (Wildman–Crippen MR) is 123 cm³/mol. The zero-order valence-electron chi connectivity index (χ0n) is 17.7. The van der Waals surface area contributed by atoms with Crippen LogP contribution in [0.15, 0.2) is 30.3 Å². The van der Waals surface area contributed by atoms with Crippen LogP contribution in [0.3, 0.4) is 0 Å². The fraction of sp³-hybridized carbons (Fsp3) is 0.348. The Balaban J connectivity index is 2.00. The van der Waals surface area contributed by atoms with Crippen molar-refractivity contribution in [2.24, 2.45) is 0 Å². The summed E-state index contributed by atoms with van der Waals surface area (Å²) in [7, 11) is 0. The number of rotatable bonds is 7. The summed E-state index contributed by atoms with van der Waals surface area (Å²) in [5.74, 6) is -2.59. The topological polar surface area (TPSA) is 79.6 Å². The average molecular weight is 514 g/mol. The van der Waals surface area contributed by atoms with E-state index in [4.69, 9.17) is 44.3 Å². The lowest BCUT2D eigenvalue weighted by Crippen LogP contribution is -2.58. The molecule has 1 amide bonds. The van der Waals surface area contributed by atoms with E-state index in [1.54, 1.807) is 6.07 Å². The lowest BCUT2D eigenvalue weighted by Gasteiger charge is -2.34. The largest absolute Gasteiger partial charge is 0.455 e. The molecule has 1 saturated heterocycles. The number of carbonyl (C=O) groups excluding carboxylic acids is 2. The summed E-state index contributed by atoms with van der Waals surface area (Å²) in [6.45, 7) is 2.37. The standard InChI is InChI=1S/C23H20Cl3FN2O4/c1-2-21(30)23(13-28,22(31)29-8-4-3-5-9-29)33-20-12-19(15(25)11-16(20)26)32-18-7-6-14(24)10-17(18)27/h6-7,10-12H,2-5,8-9H2,1H3. The molecule has 6 nitrogen and oxygen atoms in total. The molecule has 0 bridgehead atoms. The molecule has 1 atom stereocenters. The van der Waals surface area contributed by atoms with Crippen molar-refractivity contribution < 1.29 is 23.5 Å². The Hall–Kier alpha value is -2.53. The smallest absolute Gasteiger partial charge is 0.330 e. The molecule has 33 heavy (non-hydrogen) atoms. The van der Waals surface area contributed by atoms with Gasteiger partial charge >= 0.3 is 5.60 Å². The summed E-state index contributed by atoms with van der Waals surface area (Å²) >= 11 is 18.2. The Morgan fingerprint density at radius 3 is 2.33 bits per heavy atom. The van der Waals surface area contributed by atoms with E-state index in [1.165, 1.54) is 36.1 Å². The summed E-state index contributed by atoms with van der Waals surface area (Å²) in [6.07, 6.45) is 2.37. The molecule has 0 radical (unpaired) electrons. The van der Waals surface area contributed by atoms with Crippen LogP contribution in [-0.2, 0) is 9.59 Å². The van der Waals surface area contributed by atoms with Gasteiger partial charge in [0.1, 0.15) is 17.6 Å². The van der Waals surface area contributed by atoms with Crippen molar-refractivity contribution in [3.8, 4) is 23.3 Å². The third kappa shape index (κ3) is 5.35. The normalized spacial score (nSPS) is 15.3. The van der Waals surface area contributed by atoms with Gasteiger partial charge in [0, 0.05) is 30.6 Å². The summed E-state index contributed by atoms with van der Waals surface area (Å²) in [4.78, 5) is 27.6. The predicted octanol–water partition coefficient (Wildman–Crippen LogP) is 6.21. The van der Waals surface area contributed by atoms with E-state index in [0.29, 0.717) is 13.1 Å². The van der Waals surface area contributed by atoms with Gasteiger partial charge in [-0.15, -0.1) is 0 Å². The first-order valence-electron chi connectivity index (χ1n) is 10.3. The first-order valence-corrected chi connectivity index (χ1v) is 11.4. The number of benzene rings is 2. The van der Waals surface area contributed by atoms with E-state index in [-0.39, 0.29) is 38.7 Å². The zero-order valence-corrected chi connectivity index (χ0v) is 19.9. The number of halogens is 4. The van der Waals surface area contributed by atoms with Crippen LogP contribution in [0.1, 0.15) is 32.6 Å². The molecule has 174 valence electrons. The summed E-state index contributed by atoms with van der Waals surface area (Å²) in [5, 5.41) is 10.1. The van der Waals surface area contributed by atoms with Crippen LogP contribution in [-0.4, -0.2) is 35.3 Å². The van der Waals surface area contributed by atoms with Gasteiger partial charge in [-0.2, -0.15) is 5.26 Å². The number of amides is 1. The monoisotopic (exact) mass is 512 g/mol. The Bertz CT molecular complexity index is 1120. The minimum absolute atomic E-state index is 0.0217. The molecule has 0 saturated carbocycles. The van der Waals surface area contributed by atoms with Crippen LogP contribution in [0.5, 0.6) is 17.2 Å². The van der Waals surface area contributed by atoms with Crippen LogP contribution in [0.4, 0.5) is 4.39 Å². The van der Waals surface area contributed by atoms with Crippen molar-refractivity contribution in [1.29, 1.82) is 5.26 Å². The van der Waals surface area contributed by atoms with E-state index in [0.717, 1.165) is 25.3 Å². The lowest BCUT2D eigenvalue weighted by atomic mass is 9.94. The van der Waals surface area contributed by atoms with Gasteiger partial charge in [-0.05, 0) is 43.5 Å². The van der Waals surface area contributed by atoms with Crippen molar-refractivity contribution >= 4 is 46.5 Å². The van der Waals surface area contributed by atoms with Crippen molar-refractivity contribution in [3.05, 3.63) is 51.2 Å². The fourth-order valence-electron chi connectivity index (χ4n) is 3.43. The number of hydrogen-bond acceptors (Lipinski definition) is 5. The average Bonchev–Trinajstić information content (AvgIpc) is 2.81. The van der Waals surface area contributed by atoms with Gasteiger partial charge in [0.05, 0.1) is 10.0 Å². The second kappa shape index (κ2) is 10.6. The third-order valence-electron chi connectivity index (χ3n) is 5.18. The van der Waals surface area contributed by atoms with E-state index in [2.05, 4.69) is 0 Å². The maximum atomic E-state index is 14.2. The summed E-state index contributed by atoms with van der Waals surface area (Å²) < 4.78 is 25.5. The molecule has 0 aromatic heterocycles. The van der Waals surface area contributed by atoms with E-state index < -0.39 is 23.1 Å². The minimum Gasteiger partial charge on any atom is -0.455 e. The Kier molecular flexibility index (Phi) is 8.06. The highest BCUT2D eigenvalue weighted by Gasteiger charge is 2.51. The lowest BCUT2D eigenvalue weighted by molar-refractivity contribution is -0.152. The van der Waals surface area contributed by atoms with Gasteiger partial charge in [0.25, 0.3) is 5.91 Å². The minimum atomic E-state index is -2.42. The van der Waals surface area contributed by atoms with Crippen LogP contribution in [0.25, 0.3) is 0 Å². The van der Waals surface area contributed by atoms with Gasteiger partial charge in [-0.1, -0.05) is 41.7 Å². The highest BCUT2D eigenvalue weighted by Crippen LogP contribution is 2.40. The van der Waals surface area contributed by atoms with E-state index in [9.17, 15) is 19.2 Å². The first-order chi connectivity index (χ1) is 15.7. The number of carbonyl (C=O) groups is 2. The van der Waals surface area contributed by atoms with Crippen LogP contribution in [0, 0.1) is 17.1 Å². The summed E-state index contributed by atoms with van der Waals surface area (Å²) in [6, 6.07) is 8.03. The number of piperidine rings is 1. The molecule has 1 aliphatic rings. The molecule has 1 unspecified atom stereocenters. The maximum absolute atomic E-state index is 14.2. The molecule has 1 fully saturated rings. The molecule has 2 aromatic carbocycles. The maximum Gasteiger partial charge on any atom is 0.330 e.